The Morgan fingerprint density at radius 1 is 0.873 bits per heavy atom. The Morgan fingerprint density at radius 2 is 1.51 bits per heavy atom. The van der Waals surface area contributed by atoms with Crippen molar-refractivity contribution in [1.82, 2.24) is 0 Å². The second kappa shape index (κ2) is 14.7. The molecule has 14 nitrogen and oxygen atoms in total. The molecule has 55 heavy (non-hydrogen) atoms. The van der Waals surface area contributed by atoms with E-state index in [1.165, 1.54) is 26.0 Å². The molecule has 2 bridgehead atoms. The number of aliphatic hydroxyl groups is 2. The van der Waals surface area contributed by atoms with Crippen LogP contribution in [-0.2, 0) is 53.6 Å². The second-order valence-electron chi connectivity index (χ2n) is 15.7. The number of carbonyl (C=O) groups excluding carboxylic acids is 4. The molecule has 2 aromatic carbocycles. The van der Waals surface area contributed by atoms with Crippen molar-refractivity contribution in [2.75, 3.05) is 6.61 Å². The van der Waals surface area contributed by atoms with Crippen molar-refractivity contribution in [3.63, 3.8) is 0 Å². The molecule has 1 aliphatic heterocycles. The number of carbonyl (C=O) groups is 4. The number of esters is 4. The van der Waals surface area contributed by atoms with E-state index < -0.39 is 99.8 Å². The van der Waals surface area contributed by atoms with Gasteiger partial charge in [0, 0.05) is 44.4 Å². The van der Waals surface area contributed by atoms with Gasteiger partial charge in [0.2, 0.25) is 0 Å². The van der Waals surface area contributed by atoms with Crippen LogP contribution < -0.4 is 4.18 Å². The number of aryl methyl sites for hydroxylation is 1. The van der Waals surface area contributed by atoms with Crippen molar-refractivity contribution in [1.29, 1.82) is 0 Å². The lowest BCUT2D eigenvalue weighted by Crippen LogP contribution is -2.82. The fourth-order valence-electron chi connectivity index (χ4n) is 9.37. The van der Waals surface area contributed by atoms with Gasteiger partial charge >= 0.3 is 35.2 Å². The fraction of sp³-hybridized carbons (Fsp3) is 0.550. The van der Waals surface area contributed by atoms with Crippen LogP contribution in [0.4, 0.5) is 0 Å². The molecule has 4 aliphatic rings. The molecule has 0 radical (unpaired) electrons. The summed E-state index contributed by atoms with van der Waals surface area (Å²) in [5.41, 5.74) is -5.56. The van der Waals surface area contributed by atoms with E-state index in [-0.39, 0.29) is 36.3 Å². The number of hydrogen-bond acceptors (Lipinski definition) is 14. The monoisotopic (exact) mass is 784 g/mol. The molecule has 0 aromatic heterocycles. The van der Waals surface area contributed by atoms with Gasteiger partial charge in [-0.15, -0.1) is 0 Å². The number of benzene rings is 2. The summed E-state index contributed by atoms with van der Waals surface area (Å²) in [4.78, 5) is 52.8. The maximum Gasteiger partial charge on any atom is 0.360 e. The Hall–Kier alpha value is -4.15. The quantitative estimate of drug-likeness (QED) is 0.211. The number of ether oxygens (including phenoxy) is 5. The smallest absolute Gasteiger partial charge is 0.360 e. The number of rotatable bonds is 9. The van der Waals surface area contributed by atoms with E-state index in [2.05, 4.69) is 0 Å². The molecular weight excluding hydrogens is 736 g/mol. The molecule has 0 amide bonds. The third-order valence-corrected chi connectivity index (χ3v) is 12.8. The SMILES string of the molecule is CC(=O)OC1CC2(O)C(OC(=O)c3ccccc3)C3C4(OC(C)=O)COC4CC(OS(=O)Oc4ccc(C)cc4)[C@@]3(C)C(O)C(OC(C)=O)C(=C1C)C2(C)C. The molecule has 2 aromatic rings. The molecule has 1 saturated heterocycles. The van der Waals surface area contributed by atoms with E-state index in [1.54, 1.807) is 70.2 Å². The molecule has 3 fully saturated rings. The molecule has 2 N–H and O–H groups in total. The van der Waals surface area contributed by atoms with E-state index in [0.717, 1.165) is 12.5 Å². The van der Waals surface area contributed by atoms with Crippen LogP contribution in [0.2, 0.25) is 0 Å². The fourth-order valence-corrected chi connectivity index (χ4v) is 10.2. The van der Waals surface area contributed by atoms with Crippen LogP contribution >= 0.6 is 0 Å². The second-order valence-corrected chi connectivity index (χ2v) is 16.5. The van der Waals surface area contributed by atoms with Crippen molar-refractivity contribution in [3.8, 4) is 5.75 Å². The van der Waals surface area contributed by atoms with Crippen molar-refractivity contribution < 1.29 is 65.7 Å². The first-order chi connectivity index (χ1) is 25.8. The third kappa shape index (κ3) is 6.87. The van der Waals surface area contributed by atoms with Gasteiger partial charge < -0.3 is 38.1 Å². The Balaban J connectivity index is 1.63. The van der Waals surface area contributed by atoms with E-state index >= 15 is 0 Å². The molecule has 2 saturated carbocycles. The first-order valence-electron chi connectivity index (χ1n) is 18.1. The van der Waals surface area contributed by atoms with Crippen LogP contribution in [0.3, 0.4) is 0 Å². The Morgan fingerprint density at radius 3 is 2.07 bits per heavy atom. The van der Waals surface area contributed by atoms with Gasteiger partial charge in [-0.3, -0.25) is 18.6 Å². The minimum Gasteiger partial charge on any atom is -0.458 e. The molecule has 6 rings (SSSR count). The predicted octanol–water partition coefficient (Wildman–Crippen LogP) is 4.01. The molecule has 0 spiro atoms. The average molecular weight is 785 g/mol. The highest BCUT2D eigenvalue weighted by Gasteiger charge is 2.78. The molecule has 3 aliphatic carbocycles. The molecular formula is C40H48O14S. The Bertz CT molecular complexity index is 1890. The number of hydrogen-bond donors (Lipinski definition) is 2. The summed E-state index contributed by atoms with van der Waals surface area (Å²) < 4.78 is 56.0. The van der Waals surface area contributed by atoms with Gasteiger partial charge in [0.15, 0.2) is 11.7 Å². The zero-order valence-electron chi connectivity index (χ0n) is 32.1. The van der Waals surface area contributed by atoms with Crippen LogP contribution in [0.5, 0.6) is 5.75 Å². The van der Waals surface area contributed by atoms with Crippen LogP contribution in [-0.4, -0.2) is 92.7 Å². The maximum absolute atomic E-state index is 14.2. The molecule has 11 atom stereocenters. The highest BCUT2D eigenvalue weighted by molar-refractivity contribution is 7.75. The lowest BCUT2D eigenvalue weighted by Gasteiger charge is -2.69. The van der Waals surface area contributed by atoms with Gasteiger partial charge in [0.25, 0.3) is 0 Å². The van der Waals surface area contributed by atoms with E-state index in [0.29, 0.717) is 5.57 Å². The Labute approximate surface area is 322 Å². The molecule has 10 unspecified atom stereocenters. The van der Waals surface area contributed by atoms with E-state index in [1.807, 2.05) is 6.92 Å². The number of fused-ring (bicyclic) bond motifs is 5. The normalized spacial score (nSPS) is 35.3. The van der Waals surface area contributed by atoms with Crippen LogP contribution in [0.1, 0.15) is 77.2 Å². The van der Waals surface area contributed by atoms with Crippen LogP contribution in [0, 0.1) is 23.7 Å². The van der Waals surface area contributed by atoms with Gasteiger partial charge in [-0.25, -0.2) is 4.79 Å². The summed E-state index contributed by atoms with van der Waals surface area (Å²) in [5, 5.41) is 26.5. The zero-order valence-corrected chi connectivity index (χ0v) is 32.9. The summed E-state index contributed by atoms with van der Waals surface area (Å²) in [6.07, 6.45) is -8.89. The highest BCUT2D eigenvalue weighted by atomic mass is 32.2. The summed E-state index contributed by atoms with van der Waals surface area (Å²) in [5.74, 6) is -4.24. The molecule has 15 heteroatoms. The lowest BCUT2D eigenvalue weighted by atomic mass is 9.44. The van der Waals surface area contributed by atoms with Gasteiger partial charge in [-0.05, 0) is 49.3 Å². The van der Waals surface area contributed by atoms with Crippen LogP contribution in [0.25, 0.3) is 0 Å². The highest BCUT2D eigenvalue weighted by Crippen LogP contribution is 2.66. The van der Waals surface area contributed by atoms with Gasteiger partial charge in [0.1, 0.15) is 35.8 Å². The first kappa shape index (κ1) is 40.5. The average Bonchev–Trinajstić information content (AvgIpc) is 3.10. The van der Waals surface area contributed by atoms with Crippen LogP contribution in [0.15, 0.2) is 65.7 Å². The van der Waals surface area contributed by atoms with Crippen molar-refractivity contribution in [2.45, 2.75) is 116 Å². The van der Waals surface area contributed by atoms with E-state index in [4.69, 9.17) is 32.1 Å². The first-order valence-corrected chi connectivity index (χ1v) is 19.1. The van der Waals surface area contributed by atoms with Gasteiger partial charge in [-0.1, -0.05) is 56.7 Å². The standard InChI is InChI=1S/C40H48O14S/c1-21-14-16-27(17-15-21)53-55(47)54-29-18-30-39(20-48-30,52-25(5)43)33-35(51-36(45)26-12-10-9-11-13-26)40(46)19-28(49-23(3)41)22(2)31(37(40,6)7)32(50-24(4)42)34(44)38(29,33)8/h9-17,28-30,32-35,44,46H,18-20H2,1-8H3/t28?,29?,30?,32?,33?,34?,35?,38-,39?,40?,55?/m1/s1. The largest absolute Gasteiger partial charge is 0.458 e. The lowest BCUT2D eigenvalue weighted by molar-refractivity contribution is -0.362. The summed E-state index contributed by atoms with van der Waals surface area (Å²) in [6.45, 7) is 11.7. The van der Waals surface area contributed by atoms with Gasteiger partial charge in [0.05, 0.1) is 24.2 Å². The minimum absolute atomic E-state index is 0.123. The Kier molecular flexibility index (Phi) is 10.9. The third-order valence-electron chi connectivity index (χ3n) is 12.1. The van der Waals surface area contributed by atoms with Crippen molar-refractivity contribution in [3.05, 3.63) is 76.9 Å². The predicted molar refractivity (Wildman–Crippen MR) is 194 cm³/mol. The van der Waals surface area contributed by atoms with Crippen molar-refractivity contribution in [2.24, 2.45) is 16.7 Å². The number of aliphatic hydroxyl groups excluding tert-OH is 1. The topological polar surface area (TPSA) is 190 Å². The zero-order chi connectivity index (χ0) is 40.2. The molecule has 1 heterocycles. The van der Waals surface area contributed by atoms with E-state index in [9.17, 15) is 33.6 Å². The molecule has 298 valence electrons. The summed E-state index contributed by atoms with van der Waals surface area (Å²) >= 11 is -2.51. The summed E-state index contributed by atoms with van der Waals surface area (Å²) in [7, 11) is 0. The summed E-state index contributed by atoms with van der Waals surface area (Å²) in [6, 6.07) is 14.8. The minimum atomic E-state index is -2.51. The van der Waals surface area contributed by atoms with Gasteiger partial charge in [-0.2, -0.15) is 4.21 Å². The maximum atomic E-state index is 14.2. The van der Waals surface area contributed by atoms with Crippen molar-refractivity contribution >= 4 is 35.2 Å².